The second-order valence-corrected chi connectivity index (χ2v) is 5.34. The quantitative estimate of drug-likeness (QED) is 0.781. The Morgan fingerprint density at radius 1 is 1.19 bits per heavy atom. The van der Waals surface area contributed by atoms with Crippen molar-refractivity contribution in [2.24, 2.45) is 7.05 Å². The monoisotopic (exact) mass is 279 g/mol. The number of carbonyl (C=O) groups is 1. The fourth-order valence-electron chi connectivity index (χ4n) is 2.41. The number of fused-ring (bicyclic) bond motifs is 1. The standard InChI is InChI=1S/C17H17N3O/c1-11-4-6-14(7-5-11)19-17(21)13-8-15-12(2)10-20(3)16(15)18-9-13/h4-10H,1-3H3,(H,19,21). The van der Waals surface area contributed by atoms with Crippen molar-refractivity contribution >= 4 is 22.6 Å². The van der Waals surface area contributed by atoms with Crippen LogP contribution < -0.4 is 5.32 Å². The second-order valence-electron chi connectivity index (χ2n) is 5.34. The van der Waals surface area contributed by atoms with Crippen LogP contribution in [0.1, 0.15) is 21.5 Å². The molecule has 2 aromatic heterocycles. The van der Waals surface area contributed by atoms with Crippen LogP contribution in [-0.2, 0) is 7.05 Å². The van der Waals surface area contributed by atoms with Gasteiger partial charge in [-0.1, -0.05) is 17.7 Å². The van der Waals surface area contributed by atoms with Gasteiger partial charge in [0.25, 0.3) is 5.91 Å². The maximum atomic E-state index is 12.3. The minimum atomic E-state index is -0.142. The molecule has 0 atom stereocenters. The average Bonchev–Trinajstić information content (AvgIpc) is 2.76. The third-order valence-corrected chi connectivity index (χ3v) is 3.58. The zero-order valence-electron chi connectivity index (χ0n) is 12.3. The van der Waals surface area contributed by atoms with E-state index in [1.165, 1.54) is 0 Å². The summed E-state index contributed by atoms with van der Waals surface area (Å²) in [6.45, 7) is 4.04. The third-order valence-electron chi connectivity index (χ3n) is 3.58. The molecular weight excluding hydrogens is 262 g/mol. The highest BCUT2D eigenvalue weighted by molar-refractivity contribution is 6.05. The van der Waals surface area contributed by atoms with Crippen LogP contribution in [0, 0.1) is 13.8 Å². The maximum Gasteiger partial charge on any atom is 0.257 e. The van der Waals surface area contributed by atoms with Crippen molar-refractivity contribution in [2.75, 3.05) is 5.32 Å². The van der Waals surface area contributed by atoms with Crippen molar-refractivity contribution in [3.63, 3.8) is 0 Å². The number of nitrogens with zero attached hydrogens (tertiary/aromatic N) is 2. The van der Waals surface area contributed by atoms with Gasteiger partial charge in [-0.05, 0) is 37.6 Å². The lowest BCUT2D eigenvalue weighted by Gasteiger charge is -2.06. The molecule has 0 saturated heterocycles. The first-order valence-electron chi connectivity index (χ1n) is 6.84. The van der Waals surface area contributed by atoms with Crippen LogP contribution in [0.2, 0.25) is 0 Å². The highest BCUT2D eigenvalue weighted by Crippen LogP contribution is 2.19. The first kappa shape index (κ1) is 13.4. The fourth-order valence-corrected chi connectivity index (χ4v) is 2.41. The molecule has 3 aromatic rings. The van der Waals surface area contributed by atoms with Crippen LogP contribution >= 0.6 is 0 Å². The molecule has 1 aromatic carbocycles. The van der Waals surface area contributed by atoms with E-state index in [0.29, 0.717) is 5.56 Å². The normalized spacial score (nSPS) is 10.8. The zero-order chi connectivity index (χ0) is 15.0. The Balaban J connectivity index is 1.91. The number of aromatic nitrogens is 2. The summed E-state index contributed by atoms with van der Waals surface area (Å²) in [5.74, 6) is -0.142. The molecule has 0 fully saturated rings. The number of nitrogens with one attached hydrogen (secondary N) is 1. The summed E-state index contributed by atoms with van der Waals surface area (Å²) in [6, 6.07) is 9.62. The van der Waals surface area contributed by atoms with Gasteiger partial charge in [0.15, 0.2) is 0 Å². The van der Waals surface area contributed by atoms with E-state index in [2.05, 4.69) is 10.3 Å². The van der Waals surface area contributed by atoms with E-state index in [1.807, 2.05) is 62.0 Å². The molecule has 4 nitrogen and oxygen atoms in total. The van der Waals surface area contributed by atoms with Gasteiger partial charge in [0.2, 0.25) is 0 Å². The van der Waals surface area contributed by atoms with Gasteiger partial charge in [-0.2, -0.15) is 0 Å². The molecule has 0 aliphatic carbocycles. The summed E-state index contributed by atoms with van der Waals surface area (Å²) in [5.41, 5.74) is 4.52. The predicted molar refractivity (Wildman–Crippen MR) is 84.6 cm³/mol. The molecule has 3 rings (SSSR count). The van der Waals surface area contributed by atoms with Crippen molar-refractivity contribution in [3.05, 3.63) is 59.4 Å². The SMILES string of the molecule is Cc1ccc(NC(=O)c2cnc3c(c2)c(C)cn3C)cc1. The summed E-state index contributed by atoms with van der Waals surface area (Å²) >= 11 is 0. The van der Waals surface area contributed by atoms with Gasteiger partial charge in [-0.25, -0.2) is 4.98 Å². The highest BCUT2D eigenvalue weighted by atomic mass is 16.1. The van der Waals surface area contributed by atoms with Crippen LogP contribution in [0.25, 0.3) is 11.0 Å². The van der Waals surface area contributed by atoms with Crippen molar-refractivity contribution < 1.29 is 4.79 Å². The van der Waals surface area contributed by atoms with Crippen LogP contribution in [-0.4, -0.2) is 15.5 Å². The lowest BCUT2D eigenvalue weighted by Crippen LogP contribution is -2.12. The average molecular weight is 279 g/mol. The van der Waals surface area contributed by atoms with E-state index in [0.717, 1.165) is 27.8 Å². The molecule has 106 valence electrons. The number of amides is 1. The molecule has 0 radical (unpaired) electrons. The topological polar surface area (TPSA) is 46.9 Å². The summed E-state index contributed by atoms with van der Waals surface area (Å²) in [4.78, 5) is 16.7. The molecule has 0 unspecified atom stereocenters. The molecule has 4 heteroatoms. The maximum absolute atomic E-state index is 12.3. The zero-order valence-corrected chi connectivity index (χ0v) is 12.3. The molecule has 0 bridgehead atoms. The molecule has 2 heterocycles. The van der Waals surface area contributed by atoms with E-state index in [1.54, 1.807) is 6.20 Å². The molecule has 1 N–H and O–H groups in total. The highest BCUT2D eigenvalue weighted by Gasteiger charge is 2.11. The van der Waals surface area contributed by atoms with Gasteiger partial charge in [0.05, 0.1) is 5.56 Å². The van der Waals surface area contributed by atoms with Gasteiger partial charge in [0, 0.05) is 30.5 Å². The van der Waals surface area contributed by atoms with Gasteiger partial charge in [0.1, 0.15) is 5.65 Å². The predicted octanol–water partition coefficient (Wildman–Crippen LogP) is 3.44. The number of benzene rings is 1. The number of hydrogen-bond donors (Lipinski definition) is 1. The number of anilines is 1. The Bertz CT molecular complexity index is 816. The fraction of sp³-hybridized carbons (Fsp3) is 0.176. The summed E-state index contributed by atoms with van der Waals surface area (Å²) in [6.07, 6.45) is 3.63. The van der Waals surface area contributed by atoms with Crippen LogP contribution in [0.5, 0.6) is 0 Å². The third kappa shape index (κ3) is 2.52. The molecule has 21 heavy (non-hydrogen) atoms. The first-order chi connectivity index (χ1) is 10.0. The van der Waals surface area contributed by atoms with E-state index in [4.69, 9.17) is 0 Å². The lowest BCUT2D eigenvalue weighted by atomic mass is 10.1. The number of pyridine rings is 1. The van der Waals surface area contributed by atoms with Crippen LogP contribution in [0.4, 0.5) is 5.69 Å². The molecule has 0 aliphatic heterocycles. The van der Waals surface area contributed by atoms with E-state index >= 15 is 0 Å². The minimum absolute atomic E-state index is 0.142. The lowest BCUT2D eigenvalue weighted by molar-refractivity contribution is 0.102. The second kappa shape index (κ2) is 5.05. The molecule has 0 saturated carbocycles. The van der Waals surface area contributed by atoms with E-state index in [-0.39, 0.29) is 5.91 Å². The largest absolute Gasteiger partial charge is 0.335 e. The van der Waals surface area contributed by atoms with Gasteiger partial charge < -0.3 is 9.88 Å². The number of rotatable bonds is 2. The Morgan fingerprint density at radius 2 is 1.90 bits per heavy atom. The van der Waals surface area contributed by atoms with Crippen molar-refractivity contribution in [1.82, 2.24) is 9.55 Å². The van der Waals surface area contributed by atoms with Gasteiger partial charge in [-0.15, -0.1) is 0 Å². The number of aryl methyl sites for hydroxylation is 3. The molecular formula is C17H17N3O. The van der Waals surface area contributed by atoms with Gasteiger partial charge in [-0.3, -0.25) is 4.79 Å². The molecule has 0 spiro atoms. The van der Waals surface area contributed by atoms with Crippen molar-refractivity contribution in [2.45, 2.75) is 13.8 Å². The number of carbonyl (C=O) groups excluding carboxylic acids is 1. The van der Waals surface area contributed by atoms with Gasteiger partial charge >= 0.3 is 0 Å². The van der Waals surface area contributed by atoms with E-state index in [9.17, 15) is 4.79 Å². The summed E-state index contributed by atoms with van der Waals surface area (Å²) < 4.78 is 1.96. The Morgan fingerprint density at radius 3 is 2.62 bits per heavy atom. The van der Waals surface area contributed by atoms with E-state index < -0.39 is 0 Å². The van der Waals surface area contributed by atoms with Crippen molar-refractivity contribution in [1.29, 1.82) is 0 Å². The summed E-state index contributed by atoms with van der Waals surface area (Å²) in [5, 5.41) is 3.90. The minimum Gasteiger partial charge on any atom is -0.335 e. The Labute approximate surface area is 123 Å². The molecule has 0 aliphatic rings. The Kier molecular flexibility index (Phi) is 3.22. The summed E-state index contributed by atoms with van der Waals surface area (Å²) in [7, 11) is 1.95. The van der Waals surface area contributed by atoms with Crippen LogP contribution in [0.15, 0.2) is 42.7 Å². The Hall–Kier alpha value is -2.62. The van der Waals surface area contributed by atoms with Crippen molar-refractivity contribution in [3.8, 4) is 0 Å². The smallest absolute Gasteiger partial charge is 0.257 e. The molecule has 1 amide bonds. The van der Waals surface area contributed by atoms with Crippen LogP contribution in [0.3, 0.4) is 0 Å². The first-order valence-corrected chi connectivity index (χ1v) is 6.84. The number of hydrogen-bond acceptors (Lipinski definition) is 2.